The third kappa shape index (κ3) is 5.34. The number of Topliss-reactive ketones (excluding diaryl/α,β-unsaturated/α-hetero) is 1. The van der Waals surface area contributed by atoms with Crippen LogP contribution in [0, 0.1) is 5.92 Å². The summed E-state index contributed by atoms with van der Waals surface area (Å²) >= 11 is 0. The number of rotatable bonds is 7. The molecule has 35 heavy (non-hydrogen) atoms. The number of oxazole rings is 1. The van der Waals surface area contributed by atoms with Crippen molar-refractivity contribution >= 4 is 28.8 Å². The monoisotopic (exact) mass is 480 g/mol. The zero-order chi connectivity index (χ0) is 24.6. The summed E-state index contributed by atoms with van der Waals surface area (Å²) in [6.07, 6.45) is -2.91. The maximum Gasteiger partial charge on any atom is 0.416 e. The van der Waals surface area contributed by atoms with Gasteiger partial charge in [0.1, 0.15) is 17.0 Å². The number of aromatic nitrogens is 1. The lowest BCUT2D eigenvalue weighted by Crippen LogP contribution is -2.13. The van der Waals surface area contributed by atoms with Gasteiger partial charge in [-0.05, 0) is 48.7 Å². The lowest BCUT2D eigenvalue weighted by molar-refractivity contribution is -0.137. The second-order valence-electron chi connectivity index (χ2n) is 8.34. The van der Waals surface area contributed by atoms with Gasteiger partial charge in [-0.15, -0.1) is 0 Å². The molecule has 0 unspecified atom stereocenters. The van der Waals surface area contributed by atoms with Crippen molar-refractivity contribution in [2.45, 2.75) is 25.4 Å². The molecule has 1 saturated carbocycles. The predicted molar refractivity (Wildman–Crippen MR) is 121 cm³/mol. The Hall–Kier alpha value is -4.14. The van der Waals surface area contributed by atoms with Crippen molar-refractivity contribution in [3.05, 3.63) is 83.4 Å². The standard InChI is InChI=1S/C26H19F3N2O4/c27-26(28,29)18-5-1-3-15(11-18)12-22(32)17-4-2-6-19(13-17)34-20-9-10-21-23(14-20)35-25(30-21)31-24(33)16-7-8-16/h1-6,9-11,13-14,16H,7-8,12H2,(H,30,31,33). The molecule has 1 amide bonds. The molecule has 1 N–H and O–H groups in total. The average molecular weight is 480 g/mol. The fourth-order valence-corrected chi connectivity index (χ4v) is 3.59. The largest absolute Gasteiger partial charge is 0.457 e. The molecule has 0 aliphatic heterocycles. The predicted octanol–water partition coefficient (Wildman–Crippen LogP) is 6.41. The molecule has 3 aromatic carbocycles. The number of benzene rings is 3. The van der Waals surface area contributed by atoms with E-state index in [0.29, 0.717) is 28.2 Å². The summed E-state index contributed by atoms with van der Waals surface area (Å²) in [7, 11) is 0. The first-order valence-corrected chi connectivity index (χ1v) is 10.9. The second-order valence-corrected chi connectivity index (χ2v) is 8.34. The zero-order valence-electron chi connectivity index (χ0n) is 18.3. The summed E-state index contributed by atoms with van der Waals surface area (Å²) in [6.45, 7) is 0. The van der Waals surface area contributed by atoms with Crippen molar-refractivity contribution in [1.29, 1.82) is 0 Å². The minimum Gasteiger partial charge on any atom is -0.457 e. The van der Waals surface area contributed by atoms with Crippen molar-refractivity contribution in [2.24, 2.45) is 5.92 Å². The first-order valence-electron chi connectivity index (χ1n) is 10.9. The molecule has 1 fully saturated rings. The van der Waals surface area contributed by atoms with E-state index in [2.05, 4.69) is 10.3 Å². The van der Waals surface area contributed by atoms with Crippen molar-refractivity contribution in [2.75, 3.05) is 5.32 Å². The van der Waals surface area contributed by atoms with Gasteiger partial charge in [-0.25, -0.2) is 0 Å². The molecule has 5 rings (SSSR count). The molecule has 4 aromatic rings. The number of hydrogen-bond donors (Lipinski definition) is 1. The van der Waals surface area contributed by atoms with Crippen LogP contribution in [0.25, 0.3) is 11.1 Å². The number of fused-ring (bicyclic) bond motifs is 1. The van der Waals surface area contributed by atoms with E-state index >= 15 is 0 Å². The van der Waals surface area contributed by atoms with Crippen LogP contribution in [0.4, 0.5) is 19.2 Å². The minimum atomic E-state index is -4.47. The number of amides is 1. The second kappa shape index (κ2) is 8.90. The Morgan fingerprint density at radius 3 is 2.54 bits per heavy atom. The highest BCUT2D eigenvalue weighted by molar-refractivity contribution is 5.98. The van der Waals surface area contributed by atoms with E-state index < -0.39 is 11.7 Å². The highest BCUT2D eigenvalue weighted by Crippen LogP contribution is 2.32. The number of carbonyl (C=O) groups excluding carboxylic acids is 2. The summed E-state index contributed by atoms with van der Waals surface area (Å²) in [5, 5.41) is 2.66. The van der Waals surface area contributed by atoms with Crippen molar-refractivity contribution < 1.29 is 31.9 Å². The van der Waals surface area contributed by atoms with Gasteiger partial charge in [0.2, 0.25) is 5.91 Å². The van der Waals surface area contributed by atoms with Gasteiger partial charge in [-0.3, -0.25) is 14.9 Å². The highest BCUT2D eigenvalue weighted by atomic mass is 19.4. The summed E-state index contributed by atoms with van der Waals surface area (Å²) < 4.78 is 50.3. The third-order valence-corrected chi connectivity index (χ3v) is 5.55. The molecular formula is C26H19F3N2O4. The van der Waals surface area contributed by atoms with Gasteiger partial charge < -0.3 is 9.15 Å². The van der Waals surface area contributed by atoms with Gasteiger partial charge in [-0.2, -0.15) is 18.2 Å². The average Bonchev–Trinajstić information content (AvgIpc) is 3.60. The number of hydrogen-bond acceptors (Lipinski definition) is 5. The molecule has 0 radical (unpaired) electrons. The summed E-state index contributed by atoms with van der Waals surface area (Å²) in [5.74, 6) is 0.376. The molecule has 0 spiro atoms. The van der Waals surface area contributed by atoms with Crippen LogP contribution in [0.5, 0.6) is 11.5 Å². The van der Waals surface area contributed by atoms with E-state index in [-0.39, 0.29) is 35.6 Å². The van der Waals surface area contributed by atoms with Crippen molar-refractivity contribution in [3.63, 3.8) is 0 Å². The molecule has 0 bridgehead atoms. The van der Waals surface area contributed by atoms with Gasteiger partial charge in [0.25, 0.3) is 0 Å². The molecule has 1 aliphatic carbocycles. The highest BCUT2D eigenvalue weighted by Gasteiger charge is 2.31. The SMILES string of the molecule is O=C(Cc1cccc(C(F)(F)F)c1)c1cccc(Oc2ccc3nc(NC(=O)C4CC4)oc3c2)c1. The van der Waals surface area contributed by atoms with E-state index in [1.165, 1.54) is 18.2 Å². The number of halogens is 3. The van der Waals surface area contributed by atoms with Gasteiger partial charge in [0.05, 0.1) is 5.56 Å². The lowest BCUT2D eigenvalue weighted by Gasteiger charge is -2.09. The third-order valence-electron chi connectivity index (χ3n) is 5.55. The first-order chi connectivity index (χ1) is 16.7. The number of anilines is 1. The van der Waals surface area contributed by atoms with E-state index in [1.54, 1.807) is 36.4 Å². The van der Waals surface area contributed by atoms with E-state index in [0.717, 1.165) is 25.0 Å². The molecule has 6 nitrogen and oxygen atoms in total. The van der Waals surface area contributed by atoms with E-state index in [4.69, 9.17) is 9.15 Å². The Balaban J connectivity index is 1.29. The normalized spacial score (nSPS) is 13.6. The smallest absolute Gasteiger partial charge is 0.416 e. The number of nitrogens with zero attached hydrogens (tertiary/aromatic N) is 1. The fourth-order valence-electron chi connectivity index (χ4n) is 3.59. The summed E-state index contributed by atoms with van der Waals surface area (Å²) in [4.78, 5) is 28.9. The van der Waals surface area contributed by atoms with Crippen LogP contribution in [-0.2, 0) is 17.4 Å². The van der Waals surface area contributed by atoms with Gasteiger partial charge in [0.15, 0.2) is 11.4 Å². The number of carbonyl (C=O) groups is 2. The maximum absolute atomic E-state index is 12.9. The number of ether oxygens (including phenoxy) is 1. The van der Waals surface area contributed by atoms with Crippen LogP contribution in [0.1, 0.15) is 34.3 Å². The minimum absolute atomic E-state index is 0.0208. The molecule has 1 aromatic heterocycles. The van der Waals surface area contributed by atoms with Crippen LogP contribution < -0.4 is 10.1 Å². The Kier molecular flexibility index (Phi) is 5.76. The van der Waals surface area contributed by atoms with Crippen LogP contribution in [-0.4, -0.2) is 16.7 Å². The van der Waals surface area contributed by atoms with Crippen LogP contribution in [0.15, 0.2) is 71.1 Å². The summed E-state index contributed by atoms with van der Waals surface area (Å²) in [6, 6.07) is 16.2. The van der Waals surface area contributed by atoms with Crippen LogP contribution >= 0.6 is 0 Å². The van der Waals surface area contributed by atoms with Crippen LogP contribution in [0.3, 0.4) is 0 Å². The summed E-state index contributed by atoms with van der Waals surface area (Å²) in [5.41, 5.74) is 0.763. The van der Waals surface area contributed by atoms with Crippen molar-refractivity contribution in [3.8, 4) is 11.5 Å². The van der Waals surface area contributed by atoms with Gasteiger partial charge >= 0.3 is 12.2 Å². The molecule has 9 heteroatoms. The van der Waals surface area contributed by atoms with Gasteiger partial charge in [0, 0.05) is 24.0 Å². The van der Waals surface area contributed by atoms with Crippen LogP contribution in [0.2, 0.25) is 0 Å². The molecule has 1 aliphatic rings. The Morgan fingerprint density at radius 2 is 1.77 bits per heavy atom. The first kappa shape index (κ1) is 22.6. The molecule has 0 atom stereocenters. The quantitative estimate of drug-likeness (QED) is 0.309. The van der Waals surface area contributed by atoms with E-state index in [9.17, 15) is 22.8 Å². The fraction of sp³-hybridized carbons (Fsp3) is 0.192. The molecule has 1 heterocycles. The number of nitrogens with one attached hydrogen (secondary N) is 1. The van der Waals surface area contributed by atoms with Crippen molar-refractivity contribution in [1.82, 2.24) is 4.98 Å². The molecular weight excluding hydrogens is 461 g/mol. The van der Waals surface area contributed by atoms with E-state index in [1.807, 2.05) is 0 Å². The van der Waals surface area contributed by atoms with Gasteiger partial charge in [-0.1, -0.05) is 30.3 Å². The number of ketones is 1. The Morgan fingerprint density at radius 1 is 1.00 bits per heavy atom. The molecule has 0 saturated heterocycles. The zero-order valence-corrected chi connectivity index (χ0v) is 18.3. The Bertz CT molecular complexity index is 1420. The Labute approximate surface area is 197 Å². The molecule has 178 valence electrons. The topological polar surface area (TPSA) is 81.4 Å². The lowest BCUT2D eigenvalue weighted by atomic mass is 10.0. The number of alkyl halides is 3. The maximum atomic E-state index is 12.9.